The quantitative estimate of drug-likeness (QED) is 0.744. The lowest BCUT2D eigenvalue weighted by atomic mass is 10.2. The molecule has 1 aromatic carbocycles. The van der Waals surface area contributed by atoms with Crippen molar-refractivity contribution in [2.45, 2.75) is 35.6 Å². The van der Waals surface area contributed by atoms with Crippen LogP contribution in [0, 0.1) is 0 Å². The highest BCUT2D eigenvalue weighted by Crippen LogP contribution is 2.47. The van der Waals surface area contributed by atoms with E-state index < -0.39 is 16.1 Å². The molecule has 0 aromatic heterocycles. The number of thioether (sulfide) groups is 1. The minimum Gasteiger partial charge on any atom is -0.338 e. The molecule has 3 aliphatic rings. The first-order valence-electron chi connectivity index (χ1n) is 9.13. The van der Waals surface area contributed by atoms with Crippen molar-refractivity contribution in [3.63, 3.8) is 0 Å². The van der Waals surface area contributed by atoms with E-state index in [-0.39, 0.29) is 34.7 Å². The molecule has 0 spiro atoms. The molecule has 2 atom stereocenters. The average Bonchev–Trinajstić information content (AvgIpc) is 3.18. The van der Waals surface area contributed by atoms with Crippen molar-refractivity contribution in [2.24, 2.45) is 0 Å². The predicted molar refractivity (Wildman–Crippen MR) is 103 cm³/mol. The Kier molecular flexibility index (Phi) is 4.72. The van der Waals surface area contributed by atoms with Crippen LogP contribution in [0.5, 0.6) is 0 Å². The normalized spacial score (nSPS) is 29.2. The molecule has 27 heavy (non-hydrogen) atoms. The van der Waals surface area contributed by atoms with Crippen molar-refractivity contribution in [3.05, 3.63) is 30.3 Å². The van der Waals surface area contributed by atoms with Gasteiger partial charge in [-0.15, -0.1) is 11.8 Å². The summed E-state index contributed by atoms with van der Waals surface area (Å²) >= 11 is 1.67. The van der Waals surface area contributed by atoms with Crippen molar-refractivity contribution in [1.82, 2.24) is 14.1 Å². The van der Waals surface area contributed by atoms with E-state index in [0.717, 1.165) is 6.42 Å². The third-order valence-electron chi connectivity index (χ3n) is 5.66. The van der Waals surface area contributed by atoms with E-state index in [4.69, 9.17) is 0 Å². The molecule has 2 amide bonds. The molecule has 3 saturated heterocycles. The van der Waals surface area contributed by atoms with Crippen LogP contribution in [-0.4, -0.2) is 77.2 Å². The number of nitrogens with zero attached hydrogens (tertiary/aromatic N) is 3. The maximum absolute atomic E-state index is 13.0. The number of piperazine rings is 1. The third kappa shape index (κ3) is 3.15. The van der Waals surface area contributed by atoms with Gasteiger partial charge in [0.15, 0.2) is 0 Å². The van der Waals surface area contributed by atoms with Gasteiger partial charge in [0, 0.05) is 38.4 Å². The fourth-order valence-corrected chi connectivity index (χ4v) is 6.97. The largest absolute Gasteiger partial charge is 0.338 e. The number of carbonyl (C=O) groups excluding carboxylic acids is 2. The monoisotopic (exact) mass is 409 g/mol. The topological polar surface area (TPSA) is 78.0 Å². The van der Waals surface area contributed by atoms with Crippen LogP contribution in [-0.2, 0) is 19.6 Å². The first-order chi connectivity index (χ1) is 12.8. The van der Waals surface area contributed by atoms with Crippen molar-refractivity contribution >= 4 is 33.6 Å². The van der Waals surface area contributed by atoms with E-state index in [1.165, 1.54) is 4.31 Å². The molecule has 146 valence electrons. The molecule has 3 heterocycles. The Hall–Kier alpha value is -1.58. The van der Waals surface area contributed by atoms with Crippen molar-refractivity contribution < 1.29 is 18.0 Å². The molecule has 7 nitrogen and oxygen atoms in total. The van der Waals surface area contributed by atoms with Gasteiger partial charge in [-0.05, 0) is 25.5 Å². The molecule has 3 fully saturated rings. The van der Waals surface area contributed by atoms with E-state index in [2.05, 4.69) is 0 Å². The van der Waals surface area contributed by atoms with Crippen molar-refractivity contribution in [1.29, 1.82) is 0 Å². The van der Waals surface area contributed by atoms with Gasteiger partial charge in [0.05, 0.1) is 9.77 Å². The fraction of sp³-hybridized carbons (Fsp3) is 0.556. The second-order valence-electron chi connectivity index (χ2n) is 7.31. The summed E-state index contributed by atoms with van der Waals surface area (Å²) in [6.07, 6.45) is 1.28. The highest BCUT2D eigenvalue weighted by atomic mass is 32.2. The van der Waals surface area contributed by atoms with Gasteiger partial charge >= 0.3 is 0 Å². The molecule has 0 saturated carbocycles. The summed E-state index contributed by atoms with van der Waals surface area (Å²) < 4.78 is 26.9. The van der Waals surface area contributed by atoms with Gasteiger partial charge in [0.1, 0.15) is 6.04 Å². The summed E-state index contributed by atoms with van der Waals surface area (Å²) in [6.45, 7) is 3.28. The first kappa shape index (κ1) is 18.8. The van der Waals surface area contributed by atoms with Crippen LogP contribution >= 0.6 is 11.8 Å². The third-order valence-corrected chi connectivity index (χ3v) is 9.08. The molecule has 3 aliphatic heterocycles. The highest BCUT2D eigenvalue weighted by molar-refractivity contribution is 8.01. The van der Waals surface area contributed by atoms with Gasteiger partial charge in [-0.25, -0.2) is 8.42 Å². The Morgan fingerprint density at radius 3 is 2.48 bits per heavy atom. The van der Waals surface area contributed by atoms with Gasteiger partial charge in [-0.1, -0.05) is 18.2 Å². The zero-order valence-electron chi connectivity index (χ0n) is 15.2. The zero-order chi connectivity index (χ0) is 19.2. The Balaban J connectivity index is 1.43. The molecule has 2 unspecified atom stereocenters. The van der Waals surface area contributed by atoms with Gasteiger partial charge in [0.2, 0.25) is 21.8 Å². The second kappa shape index (κ2) is 6.79. The molecule has 0 N–H and O–H groups in total. The Labute approximate surface area is 163 Å². The van der Waals surface area contributed by atoms with Crippen LogP contribution in [0.2, 0.25) is 0 Å². The molecule has 0 aliphatic carbocycles. The van der Waals surface area contributed by atoms with Crippen LogP contribution in [0.4, 0.5) is 0 Å². The highest BCUT2D eigenvalue weighted by Gasteiger charge is 2.53. The van der Waals surface area contributed by atoms with Crippen molar-refractivity contribution in [3.8, 4) is 0 Å². The van der Waals surface area contributed by atoms with Gasteiger partial charge < -0.3 is 9.80 Å². The summed E-state index contributed by atoms with van der Waals surface area (Å²) in [7, 11) is -3.54. The van der Waals surface area contributed by atoms with Crippen LogP contribution < -0.4 is 0 Å². The van der Waals surface area contributed by atoms with E-state index in [0.29, 0.717) is 25.3 Å². The number of fused-ring (bicyclic) bond motifs is 1. The zero-order valence-corrected chi connectivity index (χ0v) is 16.8. The summed E-state index contributed by atoms with van der Waals surface area (Å²) in [5, 5.41) is 0. The van der Waals surface area contributed by atoms with Crippen molar-refractivity contribution in [2.75, 3.05) is 31.9 Å². The lowest BCUT2D eigenvalue weighted by Crippen LogP contribution is -2.56. The molecular formula is C18H23N3O4S2. The summed E-state index contributed by atoms with van der Waals surface area (Å²) in [4.78, 5) is 28.7. The SMILES string of the molecule is CC12CCC(=O)N1C(C(=O)N1CCN(S(=O)(=O)c3ccccc3)CC1)CS2. The summed E-state index contributed by atoms with van der Waals surface area (Å²) in [5.74, 6) is 0.605. The minimum atomic E-state index is -3.54. The summed E-state index contributed by atoms with van der Waals surface area (Å²) in [6, 6.07) is 7.93. The Bertz CT molecular complexity index is 853. The number of carbonyl (C=O) groups is 2. The predicted octanol–water partition coefficient (Wildman–Crippen LogP) is 0.974. The van der Waals surface area contributed by atoms with Gasteiger partial charge in [0.25, 0.3) is 0 Å². The molecule has 1 aromatic rings. The number of benzene rings is 1. The van der Waals surface area contributed by atoms with Gasteiger partial charge in [-0.2, -0.15) is 4.31 Å². The maximum atomic E-state index is 13.0. The van der Waals surface area contributed by atoms with E-state index in [1.807, 2.05) is 6.92 Å². The lowest BCUT2D eigenvalue weighted by Gasteiger charge is -2.37. The number of hydrogen-bond donors (Lipinski definition) is 0. The van der Waals surface area contributed by atoms with Crippen LogP contribution in [0.25, 0.3) is 0 Å². The maximum Gasteiger partial charge on any atom is 0.246 e. The number of sulfonamides is 1. The fourth-order valence-electron chi connectivity index (χ4n) is 4.10. The Morgan fingerprint density at radius 2 is 1.81 bits per heavy atom. The average molecular weight is 410 g/mol. The van der Waals surface area contributed by atoms with E-state index in [1.54, 1.807) is 51.9 Å². The van der Waals surface area contributed by atoms with Crippen LogP contribution in [0.1, 0.15) is 19.8 Å². The molecule has 9 heteroatoms. The van der Waals surface area contributed by atoms with Gasteiger partial charge in [-0.3, -0.25) is 9.59 Å². The van der Waals surface area contributed by atoms with Crippen LogP contribution in [0.3, 0.4) is 0 Å². The molecular weight excluding hydrogens is 386 g/mol. The number of amides is 2. The summed E-state index contributed by atoms with van der Waals surface area (Å²) in [5.41, 5.74) is 0. The smallest absolute Gasteiger partial charge is 0.246 e. The Morgan fingerprint density at radius 1 is 1.15 bits per heavy atom. The molecule has 4 rings (SSSR count). The standard InChI is InChI=1S/C18H23N3O4S2/c1-18-8-7-16(22)21(18)15(13-26-18)17(23)19-9-11-20(12-10-19)27(24,25)14-5-3-2-4-6-14/h2-6,15H,7-13H2,1H3. The molecule has 0 radical (unpaired) electrons. The number of rotatable bonds is 3. The molecule has 0 bridgehead atoms. The van der Waals surface area contributed by atoms with E-state index in [9.17, 15) is 18.0 Å². The lowest BCUT2D eigenvalue weighted by molar-refractivity contribution is -0.144. The second-order valence-corrected chi connectivity index (χ2v) is 10.7. The minimum absolute atomic E-state index is 0.0474. The number of hydrogen-bond acceptors (Lipinski definition) is 5. The van der Waals surface area contributed by atoms with E-state index >= 15 is 0 Å². The van der Waals surface area contributed by atoms with Crippen LogP contribution in [0.15, 0.2) is 35.2 Å². The first-order valence-corrected chi connectivity index (χ1v) is 11.6.